The summed E-state index contributed by atoms with van der Waals surface area (Å²) in [6.45, 7) is 1.54. The zero-order valence-electron chi connectivity index (χ0n) is 6.60. The molecule has 11 heavy (non-hydrogen) atoms. The fourth-order valence-electron chi connectivity index (χ4n) is 0.871. The van der Waals surface area contributed by atoms with Gasteiger partial charge in [0.1, 0.15) is 6.10 Å². The third-order valence-corrected chi connectivity index (χ3v) is 1.52. The lowest BCUT2D eigenvalue weighted by molar-refractivity contribution is 0.0305. The third-order valence-electron chi connectivity index (χ3n) is 1.52. The molecule has 2 unspecified atom stereocenters. The fourth-order valence-corrected chi connectivity index (χ4v) is 0.871. The molecule has 4 heteroatoms. The molecule has 1 heterocycles. The van der Waals surface area contributed by atoms with Crippen LogP contribution in [-0.2, 0) is 7.05 Å². The Kier molecular flexibility index (Phi) is 2.26. The lowest BCUT2D eigenvalue weighted by Crippen LogP contribution is -2.12. The first kappa shape index (κ1) is 8.23. The van der Waals surface area contributed by atoms with Gasteiger partial charge in [0.15, 0.2) is 0 Å². The molecule has 2 atom stereocenters. The number of aromatic nitrogens is 2. The molecule has 0 saturated carbocycles. The van der Waals surface area contributed by atoms with Gasteiger partial charge in [-0.3, -0.25) is 4.68 Å². The lowest BCUT2D eigenvalue weighted by Gasteiger charge is -2.10. The van der Waals surface area contributed by atoms with Crippen molar-refractivity contribution in [1.82, 2.24) is 9.78 Å². The van der Waals surface area contributed by atoms with E-state index < -0.39 is 12.2 Å². The molecule has 0 saturated heterocycles. The largest absolute Gasteiger partial charge is 0.390 e. The molecule has 0 radical (unpaired) electrons. The van der Waals surface area contributed by atoms with Crippen LogP contribution in [0.3, 0.4) is 0 Å². The molecule has 1 rings (SSSR count). The molecular weight excluding hydrogens is 144 g/mol. The SMILES string of the molecule is CC(O)C(O)c1cnn(C)c1. The van der Waals surface area contributed by atoms with Gasteiger partial charge in [0.25, 0.3) is 0 Å². The Hall–Kier alpha value is -0.870. The summed E-state index contributed by atoms with van der Waals surface area (Å²) in [5.41, 5.74) is 0.641. The molecule has 2 N–H and O–H groups in total. The van der Waals surface area contributed by atoms with Crippen molar-refractivity contribution < 1.29 is 10.2 Å². The molecule has 1 aromatic rings. The van der Waals surface area contributed by atoms with Gasteiger partial charge in [0, 0.05) is 18.8 Å². The van der Waals surface area contributed by atoms with Gasteiger partial charge in [-0.05, 0) is 6.92 Å². The van der Waals surface area contributed by atoms with Gasteiger partial charge < -0.3 is 10.2 Å². The minimum absolute atomic E-state index is 0.641. The van der Waals surface area contributed by atoms with E-state index in [-0.39, 0.29) is 0 Å². The molecular formula is C7H12N2O2. The normalized spacial score (nSPS) is 16.4. The molecule has 1 aromatic heterocycles. The van der Waals surface area contributed by atoms with Crippen molar-refractivity contribution in [1.29, 1.82) is 0 Å². The average molecular weight is 156 g/mol. The summed E-state index contributed by atoms with van der Waals surface area (Å²) in [7, 11) is 1.76. The van der Waals surface area contributed by atoms with E-state index in [9.17, 15) is 5.11 Å². The summed E-state index contributed by atoms with van der Waals surface area (Å²) in [6.07, 6.45) is 1.64. The molecule has 0 fully saturated rings. The topological polar surface area (TPSA) is 58.3 Å². The number of nitrogens with zero attached hydrogens (tertiary/aromatic N) is 2. The Morgan fingerprint density at radius 3 is 2.55 bits per heavy atom. The number of aliphatic hydroxyl groups is 2. The fraction of sp³-hybridized carbons (Fsp3) is 0.571. The highest BCUT2D eigenvalue weighted by Gasteiger charge is 2.14. The van der Waals surface area contributed by atoms with Crippen LogP contribution in [0.15, 0.2) is 12.4 Å². The zero-order valence-corrected chi connectivity index (χ0v) is 6.60. The summed E-state index contributed by atoms with van der Waals surface area (Å²) in [4.78, 5) is 0. The maximum absolute atomic E-state index is 9.31. The van der Waals surface area contributed by atoms with Crippen molar-refractivity contribution in [3.63, 3.8) is 0 Å². The van der Waals surface area contributed by atoms with Crippen molar-refractivity contribution in [2.75, 3.05) is 0 Å². The molecule has 0 aliphatic rings. The minimum atomic E-state index is -0.830. The van der Waals surface area contributed by atoms with E-state index in [1.807, 2.05) is 0 Å². The van der Waals surface area contributed by atoms with Gasteiger partial charge in [-0.1, -0.05) is 0 Å². The minimum Gasteiger partial charge on any atom is -0.390 e. The molecule has 0 bridgehead atoms. The van der Waals surface area contributed by atoms with Crippen LogP contribution in [0.5, 0.6) is 0 Å². The van der Waals surface area contributed by atoms with Gasteiger partial charge in [-0.25, -0.2) is 0 Å². The number of hydrogen-bond acceptors (Lipinski definition) is 3. The van der Waals surface area contributed by atoms with Crippen LogP contribution in [0, 0.1) is 0 Å². The first-order valence-corrected chi connectivity index (χ1v) is 3.46. The zero-order chi connectivity index (χ0) is 8.43. The van der Waals surface area contributed by atoms with Crippen molar-refractivity contribution in [3.05, 3.63) is 18.0 Å². The first-order valence-electron chi connectivity index (χ1n) is 3.46. The van der Waals surface area contributed by atoms with E-state index in [0.717, 1.165) is 0 Å². The Balaban J connectivity index is 2.76. The van der Waals surface area contributed by atoms with E-state index in [0.29, 0.717) is 5.56 Å². The van der Waals surface area contributed by atoms with Crippen LogP contribution in [0.1, 0.15) is 18.6 Å². The van der Waals surface area contributed by atoms with Crippen molar-refractivity contribution >= 4 is 0 Å². The van der Waals surface area contributed by atoms with Gasteiger partial charge in [-0.2, -0.15) is 5.10 Å². The molecule has 0 spiro atoms. The smallest absolute Gasteiger partial charge is 0.108 e. The van der Waals surface area contributed by atoms with Gasteiger partial charge in [0.2, 0.25) is 0 Å². The average Bonchev–Trinajstić information content (AvgIpc) is 2.34. The van der Waals surface area contributed by atoms with Crippen molar-refractivity contribution in [2.24, 2.45) is 7.05 Å². The van der Waals surface area contributed by atoms with Crippen LogP contribution in [0.4, 0.5) is 0 Å². The van der Waals surface area contributed by atoms with Crippen molar-refractivity contribution in [3.8, 4) is 0 Å². The molecule has 4 nitrogen and oxygen atoms in total. The predicted octanol–water partition coefficient (Wildman–Crippen LogP) is -0.166. The Bertz CT molecular complexity index is 232. The van der Waals surface area contributed by atoms with Crippen LogP contribution in [0.25, 0.3) is 0 Å². The summed E-state index contributed by atoms with van der Waals surface area (Å²) in [5, 5.41) is 22.2. The highest BCUT2D eigenvalue weighted by Crippen LogP contribution is 2.14. The molecule has 0 aliphatic heterocycles. The predicted molar refractivity (Wildman–Crippen MR) is 39.8 cm³/mol. The maximum Gasteiger partial charge on any atom is 0.108 e. The van der Waals surface area contributed by atoms with E-state index in [2.05, 4.69) is 5.10 Å². The highest BCUT2D eigenvalue weighted by molar-refractivity contribution is 5.08. The summed E-state index contributed by atoms with van der Waals surface area (Å²) in [6, 6.07) is 0. The second-order valence-corrected chi connectivity index (χ2v) is 2.63. The van der Waals surface area contributed by atoms with Crippen molar-refractivity contribution in [2.45, 2.75) is 19.1 Å². The monoisotopic (exact) mass is 156 g/mol. The number of rotatable bonds is 2. The number of hydrogen-bond donors (Lipinski definition) is 2. The van der Waals surface area contributed by atoms with Crippen LogP contribution < -0.4 is 0 Å². The van der Waals surface area contributed by atoms with Gasteiger partial charge >= 0.3 is 0 Å². The lowest BCUT2D eigenvalue weighted by atomic mass is 10.1. The maximum atomic E-state index is 9.31. The first-order chi connectivity index (χ1) is 5.11. The Morgan fingerprint density at radius 1 is 1.55 bits per heavy atom. The van der Waals surface area contributed by atoms with E-state index in [1.165, 1.54) is 13.1 Å². The van der Waals surface area contributed by atoms with E-state index in [4.69, 9.17) is 5.11 Å². The summed E-state index contributed by atoms with van der Waals surface area (Å²) < 4.78 is 1.58. The second-order valence-electron chi connectivity index (χ2n) is 2.63. The standard InChI is InChI=1S/C7H12N2O2/c1-5(10)7(11)6-3-8-9(2)4-6/h3-5,7,10-11H,1-2H3. The second kappa shape index (κ2) is 3.02. The summed E-state index contributed by atoms with van der Waals surface area (Å²) >= 11 is 0. The molecule has 62 valence electrons. The summed E-state index contributed by atoms with van der Waals surface area (Å²) in [5.74, 6) is 0. The van der Waals surface area contributed by atoms with E-state index in [1.54, 1.807) is 17.9 Å². The Morgan fingerprint density at radius 2 is 2.18 bits per heavy atom. The van der Waals surface area contributed by atoms with Crippen LogP contribution >= 0.6 is 0 Å². The number of aryl methyl sites for hydroxylation is 1. The highest BCUT2D eigenvalue weighted by atomic mass is 16.3. The van der Waals surface area contributed by atoms with Crippen LogP contribution in [0.2, 0.25) is 0 Å². The van der Waals surface area contributed by atoms with Gasteiger partial charge in [-0.15, -0.1) is 0 Å². The Labute approximate surface area is 65.1 Å². The molecule has 0 amide bonds. The molecule has 0 aliphatic carbocycles. The molecule has 0 aromatic carbocycles. The van der Waals surface area contributed by atoms with E-state index >= 15 is 0 Å². The van der Waals surface area contributed by atoms with Gasteiger partial charge in [0.05, 0.1) is 12.3 Å². The third kappa shape index (κ3) is 1.78. The number of aliphatic hydroxyl groups excluding tert-OH is 2. The quantitative estimate of drug-likeness (QED) is 0.625. The van der Waals surface area contributed by atoms with Crippen LogP contribution in [-0.4, -0.2) is 26.1 Å².